The highest BCUT2D eigenvalue weighted by atomic mass is 16.3. The first-order valence-corrected chi connectivity index (χ1v) is 8.53. The fourth-order valence-electron chi connectivity index (χ4n) is 3.45. The molecule has 7 heteroatoms. The number of nitrogens with two attached hydrogens (primary N) is 1. The second-order valence-corrected chi connectivity index (χ2v) is 6.30. The number of aromatic nitrogens is 3. The number of hydrogen-bond donors (Lipinski definition) is 2. The molecule has 2 aromatic heterocycles. The lowest BCUT2D eigenvalue weighted by Gasteiger charge is -2.11. The first-order valence-electron chi connectivity index (χ1n) is 8.53. The number of rotatable bonds is 6. The maximum absolute atomic E-state index is 10.9. The summed E-state index contributed by atoms with van der Waals surface area (Å²) in [5, 5.41) is 6.71. The maximum Gasteiger partial charge on any atom is 0.157 e. The van der Waals surface area contributed by atoms with Crippen molar-refractivity contribution in [3.63, 3.8) is 0 Å². The smallest absolute Gasteiger partial charge is 0.157 e. The third kappa shape index (κ3) is 2.87. The van der Waals surface area contributed by atoms with Crippen molar-refractivity contribution < 1.29 is 0 Å². The largest absolute Gasteiger partial charge is 0.340 e. The highest BCUT2D eigenvalue weighted by Crippen LogP contribution is 2.36. The average molecular weight is 336 g/mol. The summed E-state index contributed by atoms with van der Waals surface area (Å²) in [7, 11) is 0. The van der Waals surface area contributed by atoms with Crippen LogP contribution < -0.4 is 11.1 Å². The molecule has 0 amide bonds. The van der Waals surface area contributed by atoms with Gasteiger partial charge in [0, 0.05) is 18.1 Å². The second-order valence-electron chi connectivity index (χ2n) is 6.30. The first kappa shape index (κ1) is 15.7. The van der Waals surface area contributed by atoms with E-state index in [1.165, 1.54) is 5.56 Å². The summed E-state index contributed by atoms with van der Waals surface area (Å²) in [5.74, 6) is 0.939. The quantitative estimate of drug-likeness (QED) is 0.674. The van der Waals surface area contributed by atoms with Gasteiger partial charge in [-0.15, -0.1) is 0 Å². The van der Waals surface area contributed by atoms with Gasteiger partial charge in [0.05, 0.1) is 11.9 Å². The van der Waals surface area contributed by atoms with E-state index in [1.807, 2.05) is 22.7 Å². The van der Waals surface area contributed by atoms with Gasteiger partial charge in [0.25, 0.3) is 0 Å². The molecule has 1 atom stereocenters. The zero-order valence-electron chi connectivity index (χ0n) is 13.9. The van der Waals surface area contributed by atoms with E-state index in [-0.39, 0.29) is 6.04 Å². The molecule has 0 saturated heterocycles. The summed E-state index contributed by atoms with van der Waals surface area (Å²) in [6, 6.07) is 5.90. The number of anilines is 2. The zero-order chi connectivity index (χ0) is 17.2. The van der Waals surface area contributed by atoms with Crippen molar-refractivity contribution in [1.29, 1.82) is 0 Å². The first-order chi connectivity index (χ1) is 12.3. The lowest BCUT2D eigenvalue weighted by atomic mass is 10.1. The number of nitrogens with one attached hydrogen (secondary N) is 1. The predicted octanol–water partition coefficient (Wildman–Crippen LogP) is 3.12. The van der Waals surface area contributed by atoms with Crippen molar-refractivity contribution in [2.24, 2.45) is 10.9 Å². The monoisotopic (exact) mass is 336 g/mol. The van der Waals surface area contributed by atoms with Gasteiger partial charge in [0.15, 0.2) is 5.65 Å². The standard InChI is InChI=1S/C18H20N6O/c19-7-1-2-16-18(24-9-8-20-11-17(24)22-16)21-13-4-5-14-12(10-13)3-6-15(14)23-25/h4-5,8-11,15,21H,1-3,6-7,19H2. The zero-order valence-corrected chi connectivity index (χ0v) is 13.9. The molecule has 25 heavy (non-hydrogen) atoms. The Morgan fingerprint density at radius 2 is 2.32 bits per heavy atom. The minimum atomic E-state index is -0.203. The van der Waals surface area contributed by atoms with Gasteiger partial charge in [-0.1, -0.05) is 11.2 Å². The molecule has 0 radical (unpaired) electrons. The lowest BCUT2D eigenvalue weighted by molar-refractivity contribution is 0.710. The molecule has 0 fully saturated rings. The topological polar surface area (TPSA) is 97.7 Å². The van der Waals surface area contributed by atoms with Gasteiger partial charge in [0.2, 0.25) is 0 Å². The van der Waals surface area contributed by atoms with Crippen molar-refractivity contribution in [2.75, 3.05) is 11.9 Å². The normalized spacial score (nSPS) is 16.1. The Balaban J connectivity index is 1.69. The number of aryl methyl sites for hydroxylation is 2. The van der Waals surface area contributed by atoms with E-state index in [9.17, 15) is 4.91 Å². The Morgan fingerprint density at radius 3 is 3.16 bits per heavy atom. The van der Waals surface area contributed by atoms with Crippen LogP contribution in [-0.2, 0) is 12.8 Å². The van der Waals surface area contributed by atoms with Crippen molar-refractivity contribution in [3.05, 3.63) is 58.5 Å². The van der Waals surface area contributed by atoms with Crippen LogP contribution in [0.4, 0.5) is 11.5 Å². The molecular weight excluding hydrogens is 316 g/mol. The van der Waals surface area contributed by atoms with Crippen LogP contribution in [0.5, 0.6) is 0 Å². The number of fused-ring (bicyclic) bond motifs is 2. The molecule has 0 bridgehead atoms. The van der Waals surface area contributed by atoms with Gasteiger partial charge in [-0.2, -0.15) is 4.91 Å². The molecule has 0 aliphatic heterocycles. The Bertz CT molecular complexity index is 919. The van der Waals surface area contributed by atoms with Crippen LogP contribution in [0.3, 0.4) is 0 Å². The van der Waals surface area contributed by atoms with Crippen molar-refractivity contribution in [1.82, 2.24) is 14.4 Å². The van der Waals surface area contributed by atoms with E-state index in [4.69, 9.17) is 5.73 Å². The third-order valence-corrected chi connectivity index (χ3v) is 4.70. The fourth-order valence-corrected chi connectivity index (χ4v) is 3.45. The average Bonchev–Trinajstić information content (AvgIpc) is 3.21. The van der Waals surface area contributed by atoms with E-state index < -0.39 is 0 Å². The SMILES string of the molecule is NCCCc1nc2cnccn2c1Nc1ccc2c(c1)CCC2N=O. The summed E-state index contributed by atoms with van der Waals surface area (Å²) < 4.78 is 2.00. The molecule has 2 heterocycles. The van der Waals surface area contributed by atoms with Crippen LogP contribution in [0.2, 0.25) is 0 Å². The van der Waals surface area contributed by atoms with E-state index in [2.05, 4.69) is 26.5 Å². The molecule has 3 N–H and O–H groups in total. The van der Waals surface area contributed by atoms with Crippen LogP contribution in [0.1, 0.15) is 35.7 Å². The number of hydrogen-bond acceptors (Lipinski definition) is 6. The number of nitrogens with zero attached hydrogens (tertiary/aromatic N) is 4. The van der Waals surface area contributed by atoms with Gasteiger partial charge in [-0.05, 0) is 55.5 Å². The van der Waals surface area contributed by atoms with Crippen LogP contribution in [-0.4, -0.2) is 20.9 Å². The molecule has 0 spiro atoms. The van der Waals surface area contributed by atoms with Crippen molar-refractivity contribution in [3.8, 4) is 0 Å². The third-order valence-electron chi connectivity index (χ3n) is 4.70. The summed E-state index contributed by atoms with van der Waals surface area (Å²) in [6.07, 6.45) is 8.77. The van der Waals surface area contributed by atoms with Crippen molar-refractivity contribution in [2.45, 2.75) is 31.7 Å². The molecule has 1 unspecified atom stereocenters. The predicted molar refractivity (Wildman–Crippen MR) is 96.9 cm³/mol. The Hall–Kier alpha value is -2.80. The van der Waals surface area contributed by atoms with Gasteiger partial charge in [-0.3, -0.25) is 9.38 Å². The van der Waals surface area contributed by atoms with Gasteiger partial charge < -0.3 is 11.1 Å². The molecule has 1 aromatic carbocycles. The lowest BCUT2D eigenvalue weighted by Crippen LogP contribution is -2.03. The fraction of sp³-hybridized carbons (Fsp3) is 0.333. The summed E-state index contributed by atoms with van der Waals surface area (Å²) >= 11 is 0. The van der Waals surface area contributed by atoms with E-state index in [0.717, 1.165) is 54.1 Å². The summed E-state index contributed by atoms with van der Waals surface area (Å²) in [5.41, 5.74) is 10.7. The molecule has 0 saturated carbocycles. The highest BCUT2D eigenvalue weighted by Gasteiger charge is 2.23. The number of benzene rings is 1. The second kappa shape index (κ2) is 6.60. The Labute approximate surface area is 145 Å². The molecule has 3 aromatic rings. The van der Waals surface area contributed by atoms with Gasteiger partial charge in [-0.25, -0.2) is 4.98 Å². The summed E-state index contributed by atoms with van der Waals surface area (Å²) in [4.78, 5) is 19.7. The number of imidazole rings is 1. The van der Waals surface area contributed by atoms with Gasteiger partial charge >= 0.3 is 0 Å². The van der Waals surface area contributed by atoms with Gasteiger partial charge in [0.1, 0.15) is 11.9 Å². The molecule has 4 rings (SSSR count). The van der Waals surface area contributed by atoms with Crippen LogP contribution in [0.15, 0.2) is 42.0 Å². The van der Waals surface area contributed by atoms with Crippen molar-refractivity contribution >= 4 is 17.2 Å². The number of nitroso groups, excluding NO2 is 1. The van der Waals surface area contributed by atoms with E-state index in [1.54, 1.807) is 12.4 Å². The van der Waals surface area contributed by atoms with Crippen LogP contribution in [0, 0.1) is 4.91 Å². The molecular formula is C18H20N6O. The summed E-state index contributed by atoms with van der Waals surface area (Å²) in [6.45, 7) is 0.629. The molecule has 128 valence electrons. The minimum absolute atomic E-state index is 0.203. The van der Waals surface area contributed by atoms with E-state index in [0.29, 0.717) is 6.54 Å². The Morgan fingerprint density at radius 1 is 1.40 bits per heavy atom. The molecule has 7 nitrogen and oxygen atoms in total. The van der Waals surface area contributed by atoms with Crippen LogP contribution in [0.25, 0.3) is 5.65 Å². The van der Waals surface area contributed by atoms with E-state index >= 15 is 0 Å². The molecule has 1 aliphatic rings. The Kier molecular flexibility index (Phi) is 4.15. The maximum atomic E-state index is 10.9. The molecule has 1 aliphatic carbocycles. The van der Waals surface area contributed by atoms with Crippen LogP contribution >= 0.6 is 0 Å². The highest BCUT2D eigenvalue weighted by molar-refractivity contribution is 5.65. The minimum Gasteiger partial charge on any atom is -0.340 e.